The quantitative estimate of drug-likeness (QED) is 0.835. The van der Waals surface area contributed by atoms with E-state index >= 15 is 0 Å². The molecule has 0 bridgehead atoms. The molecule has 0 aliphatic carbocycles. The van der Waals surface area contributed by atoms with Crippen LogP contribution in [0.4, 0.5) is 0 Å². The molecule has 2 heterocycles. The van der Waals surface area contributed by atoms with Gasteiger partial charge in [-0.15, -0.1) is 0 Å². The molecule has 4 heteroatoms. The van der Waals surface area contributed by atoms with Gasteiger partial charge in [0.2, 0.25) is 0 Å². The molecule has 2 atom stereocenters. The second-order valence-corrected chi connectivity index (χ2v) is 6.24. The molecule has 2 saturated heterocycles. The predicted octanol–water partition coefficient (Wildman–Crippen LogP) is 1.30. The summed E-state index contributed by atoms with van der Waals surface area (Å²) in [7, 11) is 0. The zero-order chi connectivity index (χ0) is 13.7. The third-order valence-electron chi connectivity index (χ3n) is 4.91. The van der Waals surface area contributed by atoms with Crippen LogP contribution in [0.1, 0.15) is 39.5 Å². The topological polar surface area (TPSA) is 41.7 Å². The lowest BCUT2D eigenvalue weighted by molar-refractivity contribution is -0.0613. The van der Waals surface area contributed by atoms with Gasteiger partial charge in [-0.3, -0.25) is 4.90 Å². The molecule has 0 aromatic carbocycles. The molecule has 2 aliphatic heterocycles. The Morgan fingerprint density at radius 3 is 2.79 bits per heavy atom. The molecule has 2 aliphatic rings. The Kier molecular flexibility index (Phi) is 5.63. The number of hydrogen-bond donors (Lipinski definition) is 1. The minimum absolute atomic E-state index is 0.214. The SMILES string of the molecule is CCCN1CCCC(CN)(N2CCOCC2C)CC1. The fourth-order valence-corrected chi connectivity index (χ4v) is 3.82. The Morgan fingerprint density at radius 2 is 2.11 bits per heavy atom. The van der Waals surface area contributed by atoms with Crippen LogP contribution in [0.3, 0.4) is 0 Å². The maximum absolute atomic E-state index is 6.22. The fraction of sp³-hybridized carbons (Fsp3) is 1.00. The predicted molar refractivity (Wildman–Crippen MR) is 79.4 cm³/mol. The van der Waals surface area contributed by atoms with Crippen LogP contribution in [0, 0.1) is 0 Å². The largest absolute Gasteiger partial charge is 0.379 e. The number of ether oxygens (including phenoxy) is 1. The Morgan fingerprint density at radius 1 is 1.26 bits per heavy atom. The smallest absolute Gasteiger partial charge is 0.0620 e. The lowest BCUT2D eigenvalue weighted by Crippen LogP contribution is -2.61. The zero-order valence-electron chi connectivity index (χ0n) is 12.7. The molecule has 2 unspecified atom stereocenters. The van der Waals surface area contributed by atoms with Crippen molar-refractivity contribution in [3.8, 4) is 0 Å². The molecule has 0 aromatic rings. The highest BCUT2D eigenvalue weighted by Crippen LogP contribution is 2.31. The third kappa shape index (κ3) is 3.48. The summed E-state index contributed by atoms with van der Waals surface area (Å²) >= 11 is 0. The van der Waals surface area contributed by atoms with Gasteiger partial charge in [0, 0.05) is 24.7 Å². The van der Waals surface area contributed by atoms with Gasteiger partial charge in [0.05, 0.1) is 13.2 Å². The first kappa shape index (κ1) is 15.2. The molecular formula is C15H31N3O. The minimum atomic E-state index is 0.214. The first-order valence-corrected chi connectivity index (χ1v) is 7.99. The molecule has 2 fully saturated rings. The lowest BCUT2D eigenvalue weighted by Gasteiger charge is -2.48. The van der Waals surface area contributed by atoms with Gasteiger partial charge >= 0.3 is 0 Å². The van der Waals surface area contributed by atoms with Crippen LogP contribution in [0.5, 0.6) is 0 Å². The second kappa shape index (κ2) is 7.02. The van der Waals surface area contributed by atoms with Crippen molar-refractivity contribution in [3.63, 3.8) is 0 Å². The van der Waals surface area contributed by atoms with E-state index in [1.807, 2.05) is 0 Å². The van der Waals surface area contributed by atoms with Crippen LogP contribution in [-0.4, -0.2) is 67.3 Å². The van der Waals surface area contributed by atoms with Crippen LogP contribution in [-0.2, 0) is 4.74 Å². The molecule has 0 saturated carbocycles. The maximum atomic E-state index is 6.22. The van der Waals surface area contributed by atoms with E-state index < -0.39 is 0 Å². The average molecular weight is 269 g/mol. The summed E-state index contributed by atoms with van der Waals surface area (Å²) in [5.74, 6) is 0. The van der Waals surface area contributed by atoms with E-state index in [-0.39, 0.29) is 5.54 Å². The number of hydrogen-bond acceptors (Lipinski definition) is 4. The third-order valence-corrected chi connectivity index (χ3v) is 4.91. The highest BCUT2D eigenvalue weighted by Gasteiger charge is 2.40. The van der Waals surface area contributed by atoms with Gasteiger partial charge in [-0.2, -0.15) is 0 Å². The normalized spacial score (nSPS) is 35.2. The summed E-state index contributed by atoms with van der Waals surface area (Å²) in [5, 5.41) is 0. The number of nitrogens with zero attached hydrogens (tertiary/aromatic N) is 2. The number of nitrogens with two attached hydrogens (primary N) is 1. The van der Waals surface area contributed by atoms with E-state index in [1.54, 1.807) is 0 Å². The monoisotopic (exact) mass is 269 g/mol. The maximum Gasteiger partial charge on any atom is 0.0620 e. The highest BCUT2D eigenvalue weighted by atomic mass is 16.5. The van der Waals surface area contributed by atoms with Crippen molar-refractivity contribution in [3.05, 3.63) is 0 Å². The molecule has 0 radical (unpaired) electrons. The first-order chi connectivity index (χ1) is 9.22. The molecule has 0 spiro atoms. The van der Waals surface area contributed by atoms with Gasteiger partial charge in [-0.1, -0.05) is 6.92 Å². The Balaban J connectivity index is 2.04. The van der Waals surface area contributed by atoms with Crippen molar-refractivity contribution < 1.29 is 4.74 Å². The van der Waals surface area contributed by atoms with Crippen LogP contribution < -0.4 is 5.73 Å². The van der Waals surface area contributed by atoms with Gasteiger partial charge in [0.25, 0.3) is 0 Å². The van der Waals surface area contributed by atoms with Gasteiger partial charge < -0.3 is 15.4 Å². The summed E-state index contributed by atoms with van der Waals surface area (Å²) in [5.41, 5.74) is 6.43. The Labute approximate surface area is 118 Å². The molecule has 2 rings (SSSR count). The molecule has 112 valence electrons. The van der Waals surface area contributed by atoms with Crippen LogP contribution >= 0.6 is 0 Å². The van der Waals surface area contributed by atoms with Crippen molar-refractivity contribution in [1.82, 2.24) is 9.80 Å². The summed E-state index contributed by atoms with van der Waals surface area (Å²) < 4.78 is 5.59. The van der Waals surface area contributed by atoms with Gasteiger partial charge in [-0.05, 0) is 52.2 Å². The first-order valence-electron chi connectivity index (χ1n) is 7.99. The minimum Gasteiger partial charge on any atom is -0.379 e. The van der Waals surface area contributed by atoms with Gasteiger partial charge in [-0.25, -0.2) is 0 Å². The Hall–Kier alpha value is -0.160. The summed E-state index contributed by atoms with van der Waals surface area (Å²) in [6.07, 6.45) is 4.99. The molecule has 19 heavy (non-hydrogen) atoms. The van der Waals surface area contributed by atoms with Crippen LogP contribution in [0.2, 0.25) is 0 Å². The molecule has 2 N–H and O–H groups in total. The summed E-state index contributed by atoms with van der Waals surface area (Å²) in [6, 6.07) is 0.509. The van der Waals surface area contributed by atoms with Crippen molar-refractivity contribution in [2.24, 2.45) is 5.73 Å². The molecule has 0 aromatic heterocycles. The number of rotatable bonds is 4. The van der Waals surface area contributed by atoms with E-state index in [0.29, 0.717) is 6.04 Å². The highest BCUT2D eigenvalue weighted by molar-refractivity contribution is 4.97. The Bertz CT molecular complexity index is 274. The molecule has 0 amide bonds. The van der Waals surface area contributed by atoms with Crippen molar-refractivity contribution in [1.29, 1.82) is 0 Å². The zero-order valence-corrected chi connectivity index (χ0v) is 12.7. The van der Waals surface area contributed by atoms with Crippen molar-refractivity contribution in [2.75, 3.05) is 45.9 Å². The number of morpholine rings is 1. The summed E-state index contributed by atoms with van der Waals surface area (Å²) in [6.45, 7) is 11.8. The van der Waals surface area contributed by atoms with Gasteiger partial charge in [0.15, 0.2) is 0 Å². The van der Waals surface area contributed by atoms with E-state index in [2.05, 4.69) is 23.6 Å². The molecule has 4 nitrogen and oxygen atoms in total. The van der Waals surface area contributed by atoms with E-state index in [4.69, 9.17) is 10.5 Å². The molecular weight excluding hydrogens is 238 g/mol. The van der Waals surface area contributed by atoms with Crippen LogP contribution in [0.15, 0.2) is 0 Å². The van der Waals surface area contributed by atoms with Crippen molar-refractivity contribution >= 4 is 0 Å². The van der Waals surface area contributed by atoms with E-state index in [1.165, 1.54) is 45.3 Å². The number of likely N-dealkylation sites (tertiary alicyclic amines) is 1. The van der Waals surface area contributed by atoms with Crippen LogP contribution in [0.25, 0.3) is 0 Å². The summed E-state index contributed by atoms with van der Waals surface area (Å²) in [4.78, 5) is 5.26. The van der Waals surface area contributed by atoms with Gasteiger partial charge in [0.1, 0.15) is 0 Å². The van der Waals surface area contributed by atoms with E-state index in [0.717, 1.165) is 26.3 Å². The standard InChI is InChI=1S/C15H31N3O/c1-3-7-17-8-4-5-15(13-16,6-9-17)18-10-11-19-12-14(18)2/h14H,3-13,16H2,1-2H3. The van der Waals surface area contributed by atoms with E-state index in [9.17, 15) is 0 Å². The lowest BCUT2D eigenvalue weighted by atomic mass is 9.87. The fourth-order valence-electron chi connectivity index (χ4n) is 3.82. The average Bonchev–Trinajstić information content (AvgIpc) is 2.63. The van der Waals surface area contributed by atoms with Crippen molar-refractivity contribution in [2.45, 2.75) is 51.1 Å². The second-order valence-electron chi connectivity index (χ2n) is 6.24.